The van der Waals surface area contributed by atoms with Gasteiger partial charge in [-0.15, -0.1) is 0 Å². The number of H-pyrrole nitrogens is 1. The molecule has 1 heterocycles. The van der Waals surface area contributed by atoms with Gasteiger partial charge in [-0.05, 0) is 18.6 Å². The fourth-order valence-corrected chi connectivity index (χ4v) is 1.55. The zero-order valence-corrected chi connectivity index (χ0v) is 8.56. The summed E-state index contributed by atoms with van der Waals surface area (Å²) in [4.78, 5) is 27.9. The number of hydrogen-bond acceptors (Lipinski definition) is 4. The molecule has 0 fully saturated rings. The standard InChI is InChI=1S/C10H9N3O3/c1-6-3-2-4-7-9(6)11-8(5-13(15)16)12-10(7)14/h2-4H,5H2,1H3,(H,11,12,14). The van der Waals surface area contributed by atoms with Crippen LogP contribution in [0, 0.1) is 17.0 Å². The molecule has 0 atom stereocenters. The van der Waals surface area contributed by atoms with E-state index < -0.39 is 11.5 Å². The summed E-state index contributed by atoms with van der Waals surface area (Å²) in [6, 6.07) is 5.20. The molecule has 1 N–H and O–H groups in total. The second-order valence-corrected chi connectivity index (χ2v) is 3.47. The summed E-state index contributed by atoms with van der Waals surface area (Å²) >= 11 is 0. The lowest BCUT2D eigenvalue weighted by Crippen LogP contribution is -2.14. The molecule has 82 valence electrons. The van der Waals surface area contributed by atoms with Gasteiger partial charge in [0.25, 0.3) is 12.1 Å². The predicted octanol–water partition coefficient (Wildman–Crippen LogP) is 1.01. The van der Waals surface area contributed by atoms with Crippen LogP contribution in [0.15, 0.2) is 23.0 Å². The number of aromatic amines is 1. The van der Waals surface area contributed by atoms with Crippen LogP contribution < -0.4 is 5.56 Å². The van der Waals surface area contributed by atoms with Crippen LogP contribution in [0.25, 0.3) is 10.9 Å². The van der Waals surface area contributed by atoms with E-state index in [-0.39, 0.29) is 11.4 Å². The fourth-order valence-electron chi connectivity index (χ4n) is 1.55. The molecule has 0 saturated heterocycles. The summed E-state index contributed by atoms with van der Waals surface area (Å²) in [6.45, 7) is 1.34. The third-order valence-corrected chi connectivity index (χ3v) is 2.27. The summed E-state index contributed by atoms with van der Waals surface area (Å²) in [6.07, 6.45) is 0. The van der Waals surface area contributed by atoms with Gasteiger partial charge in [0.15, 0.2) is 5.82 Å². The minimum absolute atomic E-state index is 0.0804. The average Bonchev–Trinajstić information content (AvgIpc) is 2.19. The Bertz CT molecular complexity index is 618. The molecule has 6 nitrogen and oxygen atoms in total. The molecule has 2 rings (SSSR count). The Balaban J connectivity index is 2.70. The van der Waals surface area contributed by atoms with Crippen LogP contribution in [0.5, 0.6) is 0 Å². The fraction of sp³-hybridized carbons (Fsp3) is 0.200. The maximum atomic E-state index is 11.6. The second-order valence-electron chi connectivity index (χ2n) is 3.47. The van der Waals surface area contributed by atoms with Crippen molar-refractivity contribution in [3.8, 4) is 0 Å². The predicted molar refractivity (Wildman–Crippen MR) is 57.8 cm³/mol. The Hall–Kier alpha value is -2.24. The zero-order valence-electron chi connectivity index (χ0n) is 8.56. The van der Waals surface area contributed by atoms with Gasteiger partial charge in [-0.3, -0.25) is 14.9 Å². The number of rotatable bonds is 2. The van der Waals surface area contributed by atoms with E-state index in [0.717, 1.165) is 5.56 Å². The highest BCUT2D eigenvalue weighted by atomic mass is 16.6. The van der Waals surface area contributed by atoms with Crippen LogP contribution >= 0.6 is 0 Å². The van der Waals surface area contributed by atoms with E-state index in [1.807, 2.05) is 13.0 Å². The van der Waals surface area contributed by atoms with Crippen LogP contribution in [0.2, 0.25) is 0 Å². The number of para-hydroxylation sites is 1. The van der Waals surface area contributed by atoms with Gasteiger partial charge in [0, 0.05) is 4.92 Å². The third-order valence-electron chi connectivity index (χ3n) is 2.27. The van der Waals surface area contributed by atoms with Gasteiger partial charge in [-0.2, -0.15) is 0 Å². The van der Waals surface area contributed by atoms with Gasteiger partial charge < -0.3 is 4.98 Å². The Kier molecular flexibility index (Phi) is 2.40. The van der Waals surface area contributed by atoms with Gasteiger partial charge in [0.2, 0.25) is 0 Å². The van der Waals surface area contributed by atoms with Crippen LogP contribution in [0.1, 0.15) is 11.4 Å². The molecule has 0 spiro atoms. The van der Waals surface area contributed by atoms with Crippen molar-refractivity contribution in [3.63, 3.8) is 0 Å². The molecule has 1 aromatic heterocycles. The number of nitrogens with zero attached hydrogens (tertiary/aromatic N) is 2. The zero-order chi connectivity index (χ0) is 11.7. The monoisotopic (exact) mass is 219 g/mol. The molecular weight excluding hydrogens is 210 g/mol. The summed E-state index contributed by atoms with van der Waals surface area (Å²) in [5, 5.41) is 10.8. The lowest BCUT2D eigenvalue weighted by atomic mass is 10.1. The first-order valence-electron chi connectivity index (χ1n) is 4.68. The van der Waals surface area contributed by atoms with E-state index in [9.17, 15) is 14.9 Å². The largest absolute Gasteiger partial charge is 0.304 e. The van der Waals surface area contributed by atoms with Gasteiger partial charge >= 0.3 is 0 Å². The molecule has 0 saturated carbocycles. The number of nitrogens with one attached hydrogen (secondary N) is 1. The average molecular weight is 219 g/mol. The van der Waals surface area contributed by atoms with Crippen molar-refractivity contribution in [2.75, 3.05) is 0 Å². The molecule has 16 heavy (non-hydrogen) atoms. The number of hydrogen-bond donors (Lipinski definition) is 1. The van der Waals surface area contributed by atoms with E-state index in [2.05, 4.69) is 9.97 Å². The molecule has 6 heteroatoms. The SMILES string of the molecule is Cc1cccc2c(=O)[nH]c(C[N+](=O)[O-])nc12. The first-order valence-corrected chi connectivity index (χ1v) is 4.68. The molecule has 0 bridgehead atoms. The Labute approximate surface area is 90.1 Å². The van der Waals surface area contributed by atoms with Gasteiger partial charge in [-0.1, -0.05) is 12.1 Å². The van der Waals surface area contributed by atoms with Crippen molar-refractivity contribution in [2.45, 2.75) is 13.5 Å². The van der Waals surface area contributed by atoms with E-state index in [4.69, 9.17) is 0 Å². The molecule has 2 aromatic rings. The van der Waals surface area contributed by atoms with Crippen molar-refractivity contribution >= 4 is 10.9 Å². The molecule has 0 radical (unpaired) electrons. The van der Waals surface area contributed by atoms with E-state index in [1.165, 1.54) is 0 Å². The highest BCUT2D eigenvalue weighted by molar-refractivity contribution is 5.80. The quantitative estimate of drug-likeness (QED) is 0.602. The highest BCUT2D eigenvalue weighted by Gasteiger charge is 2.09. The van der Waals surface area contributed by atoms with E-state index in [1.54, 1.807) is 12.1 Å². The number of aryl methyl sites for hydroxylation is 1. The second kappa shape index (κ2) is 3.73. The van der Waals surface area contributed by atoms with Gasteiger partial charge in [0.1, 0.15) is 0 Å². The minimum atomic E-state index is -0.525. The maximum absolute atomic E-state index is 11.6. The van der Waals surface area contributed by atoms with Crippen LogP contribution in [0.3, 0.4) is 0 Å². The Morgan fingerprint density at radius 1 is 1.50 bits per heavy atom. The molecule has 0 aliphatic heterocycles. The van der Waals surface area contributed by atoms with Gasteiger partial charge in [-0.25, -0.2) is 4.98 Å². The third kappa shape index (κ3) is 1.77. The first-order chi connectivity index (χ1) is 7.58. The van der Waals surface area contributed by atoms with E-state index >= 15 is 0 Å². The molecular formula is C10H9N3O3. The molecule has 1 aromatic carbocycles. The Morgan fingerprint density at radius 3 is 2.94 bits per heavy atom. The lowest BCUT2D eigenvalue weighted by Gasteiger charge is -2.01. The topological polar surface area (TPSA) is 88.9 Å². The Morgan fingerprint density at radius 2 is 2.25 bits per heavy atom. The summed E-state index contributed by atoms with van der Waals surface area (Å²) in [5.41, 5.74) is 1.00. The van der Waals surface area contributed by atoms with E-state index in [0.29, 0.717) is 10.9 Å². The summed E-state index contributed by atoms with van der Waals surface area (Å²) in [7, 11) is 0. The molecule has 0 amide bonds. The van der Waals surface area contributed by atoms with Crippen LogP contribution in [0.4, 0.5) is 0 Å². The number of fused-ring (bicyclic) bond motifs is 1. The van der Waals surface area contributed by atoms with Crippen molar-refractivity contribution < 1.29 is 4.92 Å². The number of aromatic nitrogens is 2. The number of nitro groups is 1. The first kappa shape index (κ1) is 10.3. The molecule has 0 aliphatic rings. The van der Waals surface area contributed by atoms with Crippen LogP contribution in [-0.4, -0.2) is 14.9 Å². The van der Waals surface area contributed by atoms with Crippen molar-refractivity contribution in [1.29, 1.82) is 0 Å². The minimum Gasteiger partial charge on any atom is -0.304 e. The van der Waals surface area contributed by atoms with Crippen molar-refractivity contribution in [3.05, 3.63) is 50.1 Å². The maximum Gasteiger partial charge on any atom is 0.260 e. The number of benzene rings is 1. The van der Waals surface area contributed by atoms with Crippen molar-refractivity contribution in [1.82, 2.24) is 9.97 Å². The summed E-state index contributed by atoms with van der Waals surface area (Å²) < 4.78 is 0. The smallest absolute Gasteiger partial charge is 0.260 e. The molecule has 0 unspecified atom stereocenters. The molecule has 0 aliphatic carbocycles. The van der Waals surface area contributed by atoms with Crippen LogP contribution in [-0.2, 0) is 6.54 Å². The summed E-state index contributed by atoms with van der Waals surface area (Å²) in [5.74, 6) is 0.0804. The normalized spacial score (nSPS) is 10.6. The highest BCUT2D eigenvalue weighted by Crippen LogP contribution is 2.11. The van der Waals surface area contributed by atoms with Crippen molar-refractivity contribution in [2.24, 2.45) is 0 Å². The lowest BCUT2D eigenvalue weighted by molar-refractivity contribution is -0.498. The van der Waals surface area contributed by atoms with Gasteiger partial charge in [0.05, 0.1) is 10.9 Å².